The van der Waals surface area contributed by atoms with Crippen molar-refractivity contribution in [3.05, 3.63) is 40.8 Å². The lowest BCUT2D eigenvalue weighted by atomic mass is 10.2. The molecule has 0 unspecified atom stereocenters. The van der Waals surface area contributed by atoms with Crippen LogP contribution < -0.4 is 0 Å². The summed E-state index contributed by atoms with van der Waals surface area (Å²) in [5.74, 6) is -0.0673. The predicted octanol–water partition coefficient (Wildman–Crippen LogP) is 2.31. The standard InChI is InChI=1S/C19H22N2O4S3/c1-20(15-9-11-28(24,25)13-15)17(22)8-5-10-21-18(23)16(27-19(21)26)12-14-6-3-2-4-7-14/h2-4,6-7,12,15H,5,8-11,13H2,1H3/b16-12+/t15-/m0/s1. The second kappa shape index (κ2) is 8.75. The van der Waals surface area contributed by atoms with Crippen molar-refractivity contribution in [3.63, 3.8) is 0 Å². The first-order valence-electron chi connectivity index (χ1n) is 9.03. The van der Waals surface area contributed by atoms with Crippen molar-refractivity contribution in [1.29, 1.82) is 0 Å². The first-order valence-corrected chi connectivity index (χ1v) is 12.1. The second-order valence-electron chi connectivity index (χ2n) is 6.91. The van der Waals surface area contributed by atoms with Gasteiger partial charge in [0.05, 0.1) is 16.4 Å². The molecule has 1 atom stereocenters. The molecule has 0 spiro atoms. The Kier molecular flexibility index (Phi) is 6.57. The first kappa shape index (κ1) is 21.0. The molecular weight excluding hydrogens is 416 g/mol. The minimum absolute atomic E-state index is 0.0359. The summed E-state index contributed by atoms with van der Waals surface area (Å²) >= 11 is 6.59. The van der Waals surface area contributed by atoms with Crippen molar-refractivity contribution in [1.82, 2.24) is 9.80 Å². The van der Waals surface area contributed by atoms with Gasteiger partial charge in [0.2, 0.25) is 5.91 Å². The quantitative estimate of drug-likeness (QED) is 0.501. The fraction of sp³-hybridized carbons (Fsp3) is 0.421. The SMILES string of the molecule is CN(C(=O)CCCN1C(=O)/C(=C\c2ccccc2)SC1=S)[C@H]1CCS(=O)(=O)C1. The van der Waals surface area contributed by atoms with E-state index in [1.807, 2.05) is 36.4 Å². The molecule has 0 radical (unpaired) electrons. The van der Waals surface area contributed by atoms with Crippen LogP contribution in [-0.2, 0) is 19.4 Å². The van der Waals surface area contributed by atoms with Crippen LogP contribution in [0, 0.1) is 0 Å². The number of rotatable bonds is 6. The Morgan fingerprint density at radius 3 is 2.71 bits per heavy atom. The largest absolute Gasteiger partial charge is 0.342 e. The summed E-state index contributed by atoms with van der Waals surface area (Å²) in [4.78, 5) is 28.6. The maximum Gasteiger partial charge on any atom is 0.266 e. The smallest absolute Gasteiger partial charge is 0.266 e. The lowest BCUT2D eigenvalue weighted by molar-refractivity contribution is -0.132. The molecule has 9 heteroatoms. The summed E-state index contributed by atoms with van der Waals surface area (Å²) in [6, 6.07) is 9.32. The van der Waals surface area contributed by atoms with Crippen LogP contribution in [0.15, 0.2) is 35.2 Å². The van der Waals surface area contributed by atoms with Gasteiger partial charge in [-0.25, -0.2) is 8.42 Å². The highest BCUT2D eigenvalue weighted by atomic mass is 32.2. The third-order valence-corrected chi connectivity index (χ3v) is 8.02. The van der Waals surface area contributed by atoms with Crippen molar-refractivity contribution in [2.24, 2.45) is 0 Å². The summed E-state index contributed by atoms with van der Waals surface area (Å²) in [5, 5.41) is 0. The maximum absolute atomic E-state index is 12.6. The van der Waals surface area contributed by atoms with Gasteiger partial charge >= 0.3 is 0 Å². The van der Waals surface area contributed by atoms with Gasteiger partial charge < -0.3 is 4.90 Å². The van der Waals surface area contributed by atoms with E-state index >= 15 is 0 Å². The molecule has 28 heavy (non-hydrogen) atoms. The van der Waals surface area contributed by atoms with E-state index in [0.717, 1.165) is 5.56 Å². The van der Waals surface area contributed by atoms with Crippen molar-refractivity contribution in [2.75, 3.05) is 25.1 Å². The molecule has 2 heterocycles. The van der Waals surface area contributed by atoms with E-state index in [2.05, 4.69) is 0 Å². The monoisotopic (exact) mass is 438 g/mol. The normalized spacial score (nSPS) is 22.8. The van der Waals surface area contributed by atoms with Gasteiger partial charge in [0.25, 0.3) is 5.91 Å². The maximum atomic E-state index is 12.6. The fourth-order valence-electron chi connectivity index (χ4n) is 3.24. The molecule has 0 aliphatic carbocycles. The van der Waals surface area contributed by atoms with E-state index in [0.29, 0.717) is 28.6 Å². The van der Waals surface area contributed by atoms with Crippen LogP contribution >= 0.6 is 24.0 Å². The Labute approximate surface area is 174 Å². The lowest BCUT2D eigenvalue weighted by Gasteiger charge is -2.24. The number of sulfone groups is 1. The van der Waals surface area contributed by atoms with Crippen molar-refractivity contribution >= 4 is 56.0 Å². The van der Waals surface area contributed by atoms with Gasteiger partial charge in [-0.2, -0.15) is 0 Å². The Morgan fingerprint density at radius 1 is 1.36 bits per heavy atom. The minimum atomic E-state index is -3.03. The molecule has 2 amide bonds. The number of carbonyl (C=O) groups is 2. The third kappa shape index (κ3) is 5.01. The molecule has 2 saturated heterocycles. The highest BCUT2D eigenvalue weighted by Crippen LogP contribution is 2.32. The zero-order valence-corrected chi connectivity index (χ0v) is 18.0. The Hall–Kier alpha value is -1.71. The molecule has 0 aromatic heterocycles. The van der Waals surface area contributed by atoms with E-state index in [4.69, 9.17) is 12.2 Å². The van der Waals surface area contributed by atoms with Gasteiger partial charge in [0.1, 0.15) is 4.32 Å². The average Bonchev–Trinajstić information content (AvgIpc) is 3.15. The van der Waals surface area contributed by atoms with Gasteiger partial charge in [-0.05, 0) is 24.5 Å². The van der Waals surface area contributed by atoms with Crippen molar-refractivity contribution in [3.8, 4) is 0 Å². The number of thioether (sulfide) groups is 1. The summed E-state index contributed by atoms with van der Waals surface area (Å²) in [6.07, 6.45) is 3.04. The van der Waals surface area contributed by atoms with Crippen LogP contribution in [0.2, 0.25) is 0 Å². The fourth-order valence-corrected chi connectivity index (χ4v) is 6.33. The molecule has 0 bridgehead atoms. The molecule has 0 N–H and O–H groups in total. The molecule has 1 aromatic rings. The van der Waals surface area contributed by atoms with Crippen LogP contribution in [0.5, 0.6) is 0 Å². The number of hydrogen-bond donors (Lipinski definition) is 0. The number of thiocarbonyl (C=S) groups is 1. The number of carbonyl (C=O) groups excluding carboxylic acids is 2. The Bertz CT molecular complexity index is 912. The van der Waals surface area contributed by atoms with Crippen LogP contribution in [-0.4, -0.2) is 65.5 Å². The van der Waals surface area contributed by atoms with E-state index in [1.54, 1.807) is 7.05 Å². The molecule has 6 nitrogen and oxygen atoms in total. The van der Waals surface area contributed by atoms with E-state index in [-0.39, 0.29) is 35.8 Å². The molecule has 0 saturated carbocycles. The van der Waals surface area contributed by atoms with E-state index in [1.165, 1.54) is 21.6 Å². The number of amides is 2. The van der Waals surface area contributed by atoms with Gasteiger partial charge in [0, 0.05) is 26.1 Å². The zero-order valence-electron chi connectivity index (χ0n) is 15.5. The van der Waals surface area contributed by atoms with Crippen LogP contribution in [0.1, 0.15) is 24.8 Å². The molecule has 3 rings (SSSR count). The molecule has 1 aromatic carbocycles. The predicted molar refractivity (Wildman–Crippen MR) is 115 cm³/mol. The second-order valence-corrected chi connectivity index (χ2v) is 10.8. The van der Waals surface area contributed by atoms with Gasteiger partial charge in [-0.15, -0.1) is 0 Å². The van der Waals surface area contributed by atoms with Gasteiger partial charge in [-0.3, -0.25) is 14.5 Å². The zero-order chi connectivity index (χ0) is 20.3. The first-order chi connectivity index (χ1) is 13.3. The number of hydrogen-bond acceptors (Lipinski definition) is 6. The van der Waals surface area contributed by atoms with Crippen LogP contribution in [0.25, 0.3) is 6.08 Å². The number of nitrogens with zero attached hydrogens (tertiary/aromatic N) is 2. The topological polar surface area (TPSA) is 74.8 Å². The molecule has 150 valence electrons. The minimum Gasteiger partial charge on any atom is -0.342 e. The molecule has 2 aliphatic heterocycles. The summed E-state index contributed by atoms with van der Waals surface area (Å²) in [5.41, 5.74) is 0.936. The summed E-state index contributed by atoms with van der Waals surface area (Å²) in [7, 11) is -1.38. The summed E-state index contributed by atoms with van der Waals surface area (Å²) < 4.78 is 23.7. The van der Waals surface area contributed by atoms with Gasteiger partial charge in [0.15, 0.2) is 9.84 Å². The van der Waals surface area contributed by atoms with Crippen LogP contribution in [0.3, 0.4) is 0 Å². The van der Waals surface area contributed by atoms with Gasteiger partial charge in [-0.1, -0.05) is 54.3 Å². The van der Waals surface area contributed by atoms with Crippen molar-refractivity contribution < 1.29 is 18.0 Å². The molecular formula is C19H22N2O4S3. The highest BCUT2D eigenvalue weighted by Gasteiger charge is 2.34. The third-order valence-electron chi connectivity index (χ3n) is 4.89. The van der Waals surface area contributed by atoms with Crippen LogP contribution in [0.4, 0.5) is 0 Å². The summed E-state index contributed by atoms with van der Waals surface area (Å²) in [6.45, 7) is 0.374. The Morgan fingerprint density at radius 2 is 2.07 bits per heavy atom. The number of benzene rings is 1. The Balaban J connectivity index is 1.52. The average molecular weight is 439 g/mol. The lowest BCUT2D eigenvalue weighted by Crippen LogP contribution is -2.38. The van der Waals surface area contributed by atoms with E-state index < -0.39 is 9.84 Å². The molecule has 2 aliphatic rings. The molecule has 2 fully saturated rings. The van der Waals surface area contributed by atoms with Crippen molar-refractivity contribution in [2.45, 2.75) is 25.3 Å². The highest BCUT2D eigenvalue weighted by molar-refractivity contribution is 8.26. The van der Waals surface area contributed by atoms with E-state index in [9.17, 15) is 18.0 Å².